The first-order chi connectivity index (χ1) is 0. The first-order valence-electron chi connectivity index (χ1n) is 0. The minimum atomic E-state index is 0. The van der Waals surface area contributed by atoms with Crippen LogP contribution in [0, 0.1) is 0 Å². The van der Waals surface area contributed by atoms with Gasteiger partial charge in [0.15, 0.2) is 0 Å². The molecule has 0 aliphatic heterocycles. The van der Waals surface area contributed by atoms with Crippen LogP contribution < -0.4 is 18.9 Å². The zero-order valence-electron chi connectivity index (χ0n) is 4.95. The molecule has 0 saturated carbocycles. The van der Waals surface area contributed by atoms with Crippen molar-refractivity contribution >= 4 is 13.5 Å². The molecule has 0 radical (unpaired) electrons. The average molecular weight is 162 g/mol. The number of rotatable bonds is 0. The molecule has 0 nitrogen and oxygen atoms in total. The van der Waals surface area contributed by atoms with Crippen LogP contribution in [0.3, 0.4) is 0 Å². The van der Waals surface area contributed by atoms with E-state index in [1.807, 2.05) is 0 Å². The Hall–Kier alpha value is 0.527. The molecule has 0 bridgehead atoms. The second kappa shape index (κ2) is 1150. The van der Waals surface area contributed by atoms with Crippen LogP contribution in [0.5, 0.6) is 0 Å². The molecule has 0 aromatic carbocycles. The molecule has 0 amide bonds. The summed E-state index contributed by atoms with van der Waals surface area (Å²) < 4.78 is 0. The number of halogens is 6. The number of hydrogen-bond donors (Lipinski definition) is 0. The van der Waals surface area contributed by atoms with Gasteiger partial charge in [0.25, 0.3) is 0 Å². The van der Waals surface area contributed by atoms with Crippen LogP contribution >= 0.6 is 13.5 Å². The van der Waals surface area contributed by atoms with E-state index in [2.05, 4.69) is 0 Å². The van der Waals surface area contributed by atoms with Crippen LogP contribution in [-0.2, 0) is 0 Å². The van der Waals surface area contributed by atoms with Gasteiger partial charge in [0.2, 0.25) is 0 Å². The van der Waals surface area contributed by atoms with Crippen molar-refractivity contribution in [1.29, 1.82) is 0 Å². The fraction of sp³-hybridized carbons (Fsp3) is 0. The second-order valence-electron chi connectivity index (χ2n) is 0. The van der Waals surface area contributed by atoms with Gasteiger partial charge in [-0.1, -0.05) is 0 Å². The summed E-state index contributed by atoms with van der Waals surface area (Å²) in [5, 5.41) is 0. The van der Waals surface area contributed by atoms with Crippen molar-refractivity contribution in [3.05, 3.63) is 0 Å². The molecule has 0 saturated heterocycles. The first-order valence-corrected chi connectivity index (χ1v) is 0. The Bertz CT molecular complexity index is 13.0. The molecule has 0 spiro atoms. The molecule has 8 heavy (non-hydrogen) atoms. The molecular weight excluding hydrogens is 153 g/mol. The van der Waals surface area contributed by atoms with E-state index in [1.165, 1.54) is 0 Å². The second-order valence-corrected chi connectivity index (χ2v) is 0. The molecule has 0 aromatic heterocycles. The van der Waals surface area contributed by atoms with Crippen molar-refractivity contribution in [2.45, 2.75) is 0 Å². The third-order valence-corrected chi connectivity index (χ3v) is 0. The van der Waals surface area contributed by atoms with Gasteiger partial charge in [-0.15, -0.1) is 0 Å². The summed E-state index contributed by atoms with van der Waals surface area (Å²) in [5.74, 6) is 0. The van der Waals surface area contributed by atoms with Crippen molar-refractivity contribution in [2.75, 3.05) is 0 Å². The summed E-state index contributed by atoms with van der Waals surface area (Å²) in [7, 11) is 0. The van der Waals surface area contributed by atoms with E-state index in [0.717, 1.165) is 0 Å². The summed E-state index contributed by atoms with van der Waals surface area (Å²) in [6.07, 6.45) is 0. The molecule has 0 aliphatic carbocycles. The molecule has 0 rings (SSSR count). The van der Waals surface area contributed by atoms with Crippen molar-refractivity contribution in [3.63, 3.8) is 0 Å². The van der Waals surface area contributed by atoms with Crippen molar-refractivity contribution in [3.8, 4) is 0 Å². The Morgan fingerprint density at radius 1 is 0.500 bits per heavy atom. The SMILES string of the molecule is F.F.F.F.F.F.S.[H-].[Li+]. The Labute approximate surface area is 62.7 Å². The average Bonchev–Trinajstić information content (AvgIpc) is 0. The van der Waals surface area contributed by atoms with Crippen molar-refractivity contribution in [1.82, 2.24) is 0 Å². The molecule has 0 N–H and O–H groups in total. The molecule has 0 unspecified atom stereocenters. The van der Waals surface area contributed by atoms with E-state index < -0.39 is 0 Å². The van der Waals surface area contributed by atoms with E-state index in [0.29, 0.717) is 0 Å². The fourth-order valence-electron chi connectivity index (χ4n) is 0. The Balaban J connectivity index is 0. The van der Waals surface area contributed by atoms with E-state index in [-0.39, 0.29) is 62.0 Å². The summed E-state index contributed by atoms with van der Waals surface area (Å²) in [4.78, 5) is 0. The molecule has 0 atom stereocenters. The van der Waals surface area contributed by atoms with Crippen LogP contribution in [0.4, 0.5) is 28.2 Å². The standard InChI is InChI=1S/6FH.Li.H2S.H/h6*1H;;1H2;/q;;;;;;+1;;-1. The van der Waals surface area contributed by atoms with Gasteiger partial charge in [0.05, 0.1) is 0 Å². The number of hydrogen-bond acceptors (Lipinski definition) is 0. The van der Waals surface area contributed by atoms with Gasteiger partial charge in [-0.2, -0.15) is 13.5 Å². The Kier molecular flexibility index (Phi) is 250000. The van der Waals surface area contributed by atoms with Crippen molar-refractivity contribution in [2.24, 2.45) is 0 Å². The van der Waals surface area contributed by atoms with Gasteiger partial charge in [-0.25, -0.2) is 0 Å². The predicted molar refractivity (Wildman–Crippen MR) is 26.5 cm³/mol. The fourth-order valence-corrected chi connectivity index (χ4v) is 0. The van der Waals surface area contributed by atoms with Gasteiger partial charge in [-0.05, 0) is 0 Å². The molecule has 8 heteroatoms. The van der Waals surface area contributed by atoms with E-state index in [4.69, 9.17) is 0 Å². The molecule has 58 valence electrons. The molecule has 0 aliphatic rings. The first kappa shape index (κ1) is 1740. The van der Waals surface area contributed by atoms with Gasteiger partial charge in [0.1, 0.15) is 0 Å². The third kappa shape index (κ3) is 717. The van der Waals surface area contributed by atoms with Gasteiger partial charge in [-0.3, -0.25) is 28.2 Å². The van der Waals surface area contributed by atoms with Crippen LogP contribution in [0.1, 0.15) is 1.43 Å². The summed E-state index contributed by atoms with van der Waals surface area (Å²) >= 11 is 0. The summed E-state index contributed by atoms with van der Waals surface area (Å²) in [6.45, 7) is 0. The predicted octanol–water partition coefficient (Wildman–Crippen LogP) is -1.86. The maximum atomic E-state index is 0. The maximum Gasteiger partial charge on any atom is 1.00 e. The van der Waals surface area contributed by atoms with Crippen molar-refractivity contribution < 1.29 is 48.5 Å². The van der Waals surface area contributed by atoms with Crippen LogP contribution in [0.25, 0.3) is 0 Å². The monoisotopic (exact) mass is 162 g/mol. The zero-order chi connectivity index (χ0) is 0. The van der Waals surface area contributed by atoms with Crippen LogP contribution in [0.15, 0.2) is 0 Å². The Morgan fingerprint density at radius 2 is 0.500 bits per heavy atom. The summed E-state index contributed by atoms with van der Waals surface area (Å²) in [5.41, 5.74) is 0. The minimum Gasteiger partial charge on any atom is -1.00 e. The molecule has 0 fully saturated rings. The van der Waals surface area contributed by atoms with Gasteiger partial charge >= 0.3 is 18.9 Å². The largest absolute Gasteiger partial charge is 1.00 e. The topological polar surface area (TPSA) is 0 Å². The molecular formula is H9F6LiS. The van der Waals surface area contributed by atoms with Gasteiger partial charge in [0, 0.05) is 0 Å². The van der Waals surface area contributed by atoms with E-state index in [9.17, 15) is 0 Å². The zero-order valence-corrected chi connectivity index (χ0v) is 4.95. The van der Waals surface area contributed by atoms with E-state index >= 15 is 0 Å². The summed E-state index contributed by atoms with van der Waals surface area (Å²) in [6, 6.07) is 0. The minimum absolute atomic E-state index is 0. The van der Waals surface area contributed by atoms with Crippen LogP contribution in [0.2, 0.25) is 0 Å². The maximum absolute atomic E-state index is 0. The Morgan fingerprint density at radius 3 is 0.500 bits per heavy atom. The van der Waals surface area contributed by atoms with E-state index in [1.54, 1.807) is 0 Å². The smallest absolute Gasteiger partial charge is 1.00 e. The normalized spacial score (nSPS) is 0. The molecule has 0 aromatic rings. The van der Waals surface area contributed by atoms with Gasteiger partial charge < -0.3 is 1.43 Å². The van der Waals surface area contributed by atoms with Crippen LogP contribution in [-0.4, -0.2) is 0 Å². The third-order valence-electron chi connectivity index (χ3n) is 0. The molecule has 0 heterocycles. The quantitative estimate of drug-likeness (QED) is 0.289.